The predicted octanol–water partition coefficient (Wildman–Crippen LogP) is 3.80. The van der Waals surface area contributed by atoms with Gasteiger partial charge in [0.15, 0.2) is 0 Å². The second-order valence-electron chi connectivity index (χ2n) is 9.53. The number of aromatic nitrogens is 3. The van der Waals surface area contributed by atoms with Crippen LogP contribution in [0.1, 0.15) is 12.8 Å². The van der Waals surface area contributed by atoms with E-state index < -0.39 is 10.0 Å². The minimum atomic E-state index is -3.32. The quantitative estimate of drug-likeness (QED) is 0.396. The van der Waals surface area contributed by atoms with E-state index in [0.29, 0.717) is 11.6 Å². The van der Waals surface area contributed by atoms with Gasteiger partial charge in [-0.15, -0.1) is 5.10 Å². The Balaban J connectivity index is 1.22. The molecule has 2 N–H and O–H groups in total. The van der Waals surface area contributed by atoms with E-state index >= 15 is 0 Å². The minimum absolute atomic E-state index is 0.271. The number of nitrogens with one attached hydrogen (secondary N) is 2. The third-order valence-electron chi connectivity index (χ3n) is 6.77. The molecule has 0 radical (unpaired) electrons. The van der Waals surface area contributed by atoms with E-state index in [1.165, 1.54) is 5.69 Å². The Labute approximate surface area is 210 Å². The molecule has 0 spiro atoms. The standard InChI is InChI=1S/C26H29N7O2S/c1-31-13-15-32(16-14-31)22-7-5-20(6-8-22)28-26-27-18-23-9-12-25(33(23)29-26)19-3-2-4-21(17-19)30-36(34,35)24-10-11-24/h2-9,12,17-18,24,30H,10-11,13-16H2,1H3,(H,28,29). The Hall–Kier alpha value is -3.63. The number of fused-ring (bicyclic) bond motifs is 1. The summed E-state index contributed by atoms with van der Waals surface area (Å²) >= 11 is 0. The highest BCUT2D eigenvalue weighted by Crippen LogP contribution is 2.31. The molecule has 2 aliphatic rings. The van der Waals surface area contributed by atoms with Crippen LogP contribution in [0.4, 0.5) is 23.0 Å². The SMILES string of the molecule is CN1CCN(c2ccc(Nc3ncc4ccc(-c5cccc(NS(=O)(=O)C6CC6)c5)n4n3)cc2)CC1. The van der Waals surface area contributed by atoms with E-state index in [0.717, 1.165) is 61.5 Å². The lowest BCUT2D eigenvalue weighted by Crippen LogP contribution is -2.44. The summed E-state index contributed by atoms with van der Waals surface area (Å²) in [6.07, 6.45) is 3.23. The van der Waals surface area contributed by atoms with Gasteiger partial charge in [-0.05, 0) is 68.4 Å². The molecule has 6 rings (SSSR count). The zero-order valence-electron chi connectivity index (χ0n) is 20.1. The molecule has 1 saturated heterocycles. The van der Waals surface area contributed by atoms with Crippen LogP contribution in [0.5, 0.6) is 0 Å². The average Bonchev–Trinajstić information content (AvgIpc) is 3.66. The van der Waals surface area contributed by atoms with Gasteiger partial charge in [0.05, 0.1) is 22.7 Å². The molecule has 3 heterocycles. The van der Waals surface area contributed by atoms with Gasteiger partial charge in [0.1, 0.15) is 0 Å². The summed E-state index contributed by atoms with van der Waals surface area (Å²) in [5.74, 6) is 0.484. The zero-order chi connectivity index (χ0) is 24.7. The highest BCUT2D eigenvalue weighted by Gasteiger charge is 2.35. The molecule has 36 heavy (non-hydrogen) atoms. The number of hydrogen-bond acceptors (Lipinski definition) is 7. The van der Waals surface area contributed by atoms with Gasteiger partial charge >= 0.3 is 0 Å². The maximum atomic E-state index is 12.4. The maximum absolute atomic E-state index is 12.4. The molecule has 9 nitrogen and oxygen atoms in total. The van der Waals surface area contributed by atoms with Crippen LogP contribution < -0.4 is 14.9 Å². The van der Waals surface area contributed by atoms with Gasteiger partial charge in [0.2, 0.25) is 16.0 Å². The molecule has 0 amide bonds. The van der Waals surface area contributed by atoms with Crippen molar-refractivity contribution in [1.29, 1.82) is 0 Å². The van der Waals surface area contributed by atoms with Crippen molar-refractivity contribution >= 4 is 38.6 Å². The van der Waals surface area contributed by atoms with Crippen molar-refractivity contribution < 1.29 is 8.42 Å². The lowest BCUT2D eigenvalue weighted by atomic mass is 10.1. The number of piperazine rings is 1. The van der Waals surface area contributed by atoms with Crippen LogP contribution in [0, 0.1) is 0 Å². The smallest absolute Gasteiger partial charge is 0.245 e. The number of anilines is 4. The fourth-order valence-electron chi connectivity index (χ4n) is 4.49. The van der Waals surface area contributed by atoms with E-state index in [2.05, 4.69) is 44.0 Å². The summed E-state index contributed by atoms with van der Waals surface area (Å²) in [5, 5.41) is 7.74. The van der Waals surface area contributed by atoms with Crippen molar-refractivity contribution in [2.24, 2.45) is 0 Å². The number of benzene rings is 2. The molecule has 0 bridgehead atoms. The number of sulfonamides is 1. The molecule has 1 aliphatic heterocycles. The molecular formula is C26H29N7O2S. The second-order valence-corrected chi connectivity index (χ2v) is 11.5. The molecule has 186 valence electrons. The largest absolute Gasteiger partial charge is 0.369 e. The fourth-order valence-corrected chi connectivity index (χ4v) is 5.87. The summed E-state index contributed by atoms with van der Waals surface area (Å²) in [6.45, 7) is 4.20. The van der Waals surface area contributed by atoms with Crippen molar-refractivity contribution in [3.05, 3.63) is 66.9 Å². The number of nitrogens with zero attached hydrogens (tertiary/aromatic N) is 5. The Kier molecular flexibility index (Phi) is 5.77. The maximum Gasteiger partial charge on any atom is 0.245 e. The molecule has 0 unspecified atom stereocenters. The van der Waals surface area contributed by atoms with E-state index in [9.17, 15) is 8.42 Å². The lowest BCUT2D eigenvalue weighted by Gasteiger charge is -2.34. The summed E-state index contributed by atoms with van der Waals surface area (Å²) in [4.78, 5) is 9.22. The van der Waals surface area contributed by atoms with Crippen molar-refractivity contribution in [3.63, 3.8) is 0 Å². The molecule has 4 aromatic rings. The van der Waals surface area contributed by atoms with Crippen LogP contribution in [-0.4, -0.2) is 66.4 Å². The van der Waals surface area contributed by atoms with Gasteiger partial charge in [0, 0.05) is 48.8 Å². The number of rotatable bonds is 7. The lowest BCUT2D eigenvalue weighted by molar-refractivity contribution is 0.313. The molecule has 1 saturated carbocycles. The third-order valence-corrected chi connectivity index (χ3v) is 8.64. The molecule has 0 atom stereocenters. The molecule has 2 fully saturated rings. The summed E-state index contributed by atoms with van der Waals surface area (Å²) in [5.41, 5.74) is 5.26. The highest BCUT2D eigenvalue weighted by molar-refractivity contribution is 7.93. The topological polar surface area (TPSA) is 94.9 Å². The van der Waals surface area contributed by atoms with Crippen LogP contribution >= 0.6 is 0 Å². The van der Waals surface area contributed by atoms with Crippen LogP contribution in [0.25, 0.3) is 16.8 Å². The summed E-state index contributed by atoms with van der Waals surface area (Å²) in [7, 11) is -1.16. The van der Waals surface area contributed by atoms with Crippen LogP contribution in [0.2, 0.25) is 0 Å². The van der Waals surface area contributed by atoms with Gasteiger partial charge in [0.25, 0.3) is 0 Å². The molecule has 2 aromatic carbocycles. The normalized spacial score (nSPS) is 16.9. The molecule has 1 aliphatic carbocycles. The van der Waals surface area contributed by atoms with Crippen LogP contribution in [0.3, 0.4) is 0 Å². The van der Waals surface area contributed by atoms with Crippen molar-refractivity contribution in [3.8, 4) is 11.3 Å². The number of hydrogen-bond donors (Lipinski definition) is 2. The minimum Gasteiger partial charge on any atom is -0.369 e. The zero-order valence-corrected chi connectivity index (χ0v) is 20.9. The van der Waals surface area contributed by atoms with Gasteiger partial charge < -0.3 is 15.1 Å². The first-order chi connectivity index (χ1) is 17.4. The first-order valence-corrected chi connectivity index (χ1v) is 13.8. The summed E-state index contributed by atoms with van der Waals surface area (Å²) in [6, 6.07) is 19.7. The van der Waals surface area contributed by atoms with Gasteiger partial charge in [-0.3, -0.25) is 4.72 Å². The van der Waals surface area contributed by atoms with Gasteiger partial charge in [-0.25, -0.2) is 17.9 Å². The fraction of sp³-hybridized carbons (Fsp3) is 0.308. The van der Waals surface area contributed by atoms with E-state index in [-0.39, 0.29) is 5.25 Å². The molecular weight excluding hydrogens is 474 g/mol. The Bertz CT molecular complexity index is 1490. The Morgan fingerprint density at radius 3 is 2.44 bits per heavy atom. The monoisotopic (exact) mass is 503 g/mol. The van der Waals surface area contributed by atoms with Gasteiger partial charge in [-0.2, -0.15) is 0 Å². The van der Waals surface area contributed by atoms with Gasteiger partial charge in [-0.1, -0.05) is 12.1 Å². The van der Waals surface area contributed by atoms with Crippen molar-refractivity contribution in [1.82, 2.24) is 19.5 Å². The Morgan fingerprint density at radius 2 is 1.69 bits per heavy atom. The summed E-state index contributed by atoms with van der Waals surface area (Å²) < 4.78 is 29.3. The number of likely N-dealkylation sites (N-methyl/N-ethyl adjacent to an activating group) is 1. The van der Waals surface area contributed by atoms with Crippen LogP contribution in [0.15, 0.2) is 66.9 Å². The third kappa shape index (κ3) is 4.74. The first-order valence-electron chi connectivity index (χ1n) is 12.2. The van der Waals surface area contributed by atoms with Crippen molar-refractivity contribution in [2.45, 2.75) is 18.1 Å². The van der Waals surface area contributed by atoms with Crippen LogP contribution in [-0.2, 0) is 10.0 Å². The van der Waals surface area contributed by atoms with E-state index in [1.807, 2.05) is 47.0 Å². The Morgan fingerprint density at radius 1 is 0.917 bits per heavy atom. The average molecular weight is 504 g/mol. The highest BCUT2D eigenvalue weighted by atomic mass is 32.2. The predicted molar refractivity (Wildman–Crippen MR) is 143 cm³/mol. The second kappa shape index (κ2) is 9.11. The van der Waals surface area contributed by atoms with Crippen molar-refractivity contribution in [2.75, 3.05) is 48.2 Å². The first kappa shape index (κ1) is 22.8. The van der Waals surface area contributed by atoms with E-state index in [1.54, 1.807) is 12.3 Å². The van der Waals surface area contributed by atoms with E-state index in [4.69, 9.17) is 5.10 Å². The molecule has 10 heteroatoms. The molecule has 2 aromatic heterocycles.